The van der Waals surface area contributed by atoms with Crippen LogP contribution in [0.3, 0.4) is 0 Å². The summed E-state index contributed by atoms with van der Waals surface area (Å²) in [4.78, 5) is 2.66. The van der Waals surface area contributed by atoms with Crippen molar-refractivity contribution in [3.63, 3.8) is 0 Å². The lowest BCUT2D eigenvalue weighted by Crippen LogP contribution is -2.51. The Balaban J connectivity index is 0.00000112. The van der Waals surface area contributed by atoms with Crippen LogP contribution in [0, 0.1) is 5.92 Å². The predicted octanol–water partition coefficient (Wildman–Crippen LogP) is 0.701. The molecule has 0 spiro atoms. The Kier molecular flexibility index (Phi) is 5.90. The fraction of sp³-hybridized carbons (Fsp3) is 1.00. The summed E-state index contributed by atoms with van der Waals surface area (Å²) in [6.07, 6.45) is 2.74. The van der Waals surface area contributed by atoms with Gasteiger partial charge >= 0.3 is 0 Å². The van der Waals surface area contributed by atoms with E-state index in [2.05, 4.69) is 22.5 Å². The van der Waals surface area contributed by atoms with E-state index in [9.17, 15) is 0 Å². The number of nitrogens with one attached hydrogen (secondary N) is 2. The summed E-state index contributed by atoms with van der Waals surface area (Å²) in [6, 6.07) is 0.735. The van der Waals surface area contributed by atoms with Gasteiger partial charge in [0.1, 0.15) is 0 Å². The van der Waals surface area contributed by atoms with Crippen LogP contribution in [0.4, 0.5) is 0 Å². The molecule has 2 aliphatic rings. The third-order valence-electron chi connectivity index (χ3n) is 3.59. The van der Waals surface area contributed by atoms with E-state index in [1.54, 1.807) is 0 Å². The number of hydrogen-bond donors (Lipinski definition) is 2. The van der Waals surface area contributed by atoms with Crippen LogP contribution in [0.1, 0.15) is 19.8 Å². The van der Waals surface area contributed by atoms with Crippen molar-refractivity contribution in [1.82, 2.24) is 15.5 Å². The number of rotatable bonds is 2. The Morgan fingerprint density at radius 1 is 1.13 bits per heavy atom. The second-order valence-corrected chi connectivity index (χ2v) is 4.74. The number of nitrogens with zero attached hydrogens (tertiary/aromatic N) is 1. The van der Waals surface area contributed by atoms with Crippen molar-refractivity contribution in [2.45, 2.75) is 25.8 Å². The lowest BCUT2D eigenvalue weighted by Gasteiger charge is -2.37. The van der Waals surface area contributed by atoms with E-state index < -0.39 is 0 Å². The molecule has 2 saturated heterocycles. The van der Waals surface area contributed by atoms with Crippen molar-refractivity contribution in [1.29, 1.82) is 0 Å². The van der Waals surface area contributed by atoms with Gasteiger partial charge in [-0.3, -0.25) is 4.90 Å². The molecule has 0 aromatic heterocycles. The summed E-state index contributed by atoms with van der Waals surface area (Å²) in [5, 5.41) is 6.88. The second kappa shape index (κ2) is 6.69. The van der Waals surface area contributed by atoms with Crippen LogP contribution in [-0.2, 0) is 0 Å². The average molecular weight is 234 g/mol. The molecule has 0 amide bonds. The molecule has 0 bridgehead atoms. The molecule has 2 rings (SSSR count). The summed E-state index contributed by atoms with van der Waals surface area (Å²) >= 11 is 0. The number of halogens is 1. The highest BCUT2D eigenvalue weighted by molar-refractivity contribution is 5.85. The lowest BCUT2D eigenvalue weighted by atomic mass is 9.96. The van der Waals surface area contributed by atoms with E-state index in [0.29, 0.717) is 0 Å². The minimum absolute atomic E-state index is 0. The molecule has 1 unspecified atom stereocenters. The largest absolute Gasteiger partial charge is 0.317 e. The summed E-state index contributed by atoms with van der Waals surface area (Å²) in [7, 11) is 0. The first-order valence-corrected chi connectivity index (χ1v) is 6.02. The molecule has 2 N–H and O–H groups in total. The molecule has 0 aliphatic carbocycles. The van der Waals surface area contributed by atoms with Gasteiger partial charge in [-0.1, -0.05) is 0 Å². The molecule has 2 aliphatic heterocycles. The van der Waals surface area contributed by atoms with Gasteiger partial charge in [-0.05, 0) is 38.8 Å². The number of piperazine rings is 1. The molecule has 2 heterocycles. The van der Waals surface area contributed by atoms with Crippen molar-refractivity contribution in [3.8, 4) is 0 Å². The van der Waals surface area contributed by atoms with Crippen LogP contribution >= 0.6 is 12.4 Å². The second-order valence-electron chi connectivity index (χ2n) is 4.74. The maximum absolute atomic E-state index is 3.45. The minimum atomic E-state index is 0. The zero-order valence-corrected chi connectivity index (χ0v) is 10.5. The molecule has 0 aromatic carbocycles. The highest BCUT2D eigenvalue weighted by Gasteiger charge is 2.22. The van der Waals surface area contributed by atoms with Crippen LogP contribution < -0.4 is 10.6 Å². The molecule has 0 radical (unpaired) electrons. The monoisotopic (exact) mass is 233 g/mol. The summed E-state index contributed by atoms with van der Waals surface area (Å²) in [6.45, 7) is 9.71. The first-order chi connectivity index (χ1) is 6.86. The molecule has 90 valence electrons. The van der Waals surface area contributed by atoms with Gasteiger partial charge in [0.05, 0.1) is 0 Å². The third kappa shape index (κ3) is 3.91. The van der Waals surface area contributed by atoms with E-state index in [0.717, 1.165) is 12.0 Å². The standard InChI is InChI=1S/C11H23N3.ClH/c1-10-8-13-6-7-14(10)9-11-2-4-12-5-3-11;/h10-13H,2-9H2,1H3;1H. The zero-order chi connectivity index (χ0) is 9.80. The first-order valence-electron chi connectivity index (χ1n) is 6.02. The summed E-state index contributed by atoms with van der Waals surface area (Å²) < 4.78 is 0. The normalized spacial score (nSPS) is 29.8. The highest BCUT2D eigenvalue weighted by Crippen LogP contribution is 2.15. The van der Waals surface area contributed by atoms with Crippen molar-refractivity contribution < 1.29 is 0 Å². The van der Waals surface area contributed by atoms with E-state index in [1.165, 1.54) is 52.1 Å². The first kappa shape index (κ1) is 13.2. The molecule has 15 heavy (non-hydrogen) atoms. The van der Waals surface area contributed by atoms with E-state index in [4.69, 9.17) is 0 Å². The average Bonchev–Trinajstić information content (AvgIpc) is 2.23. The fourth-order valence-electron chi connectivity index (χ4n) is 2.55. The Hall–Kier alpha value is 0.170. The van der Waals surface area contributed by atoms with Crippen LogP contribution in [-0.4, -0.2) is 50.2 Å². The molecular weight excluding hydrogens is 210 g/mol. The molecular formula is C11H24ClN3. The van der Waals surface area contributed by atoms with Crippen molar-refractivity contribution in [2.24, 2.45) is 5.92 Å². The Morgan fingerprint density at radius 3 is 2.53 bits per heavy atom. The Morgan fingerprint density at radius 2 is 1.87 bits per heavy atom. The van der Waals surface area contributed by atoms with E-state index in [-0.39, 0.29) is 12.4 Å². The fourth-order valence-corrected chi connectivity index (χ4v) is 2.55. The van der Waals surface area contributed by atoms with Crippen LogP contribution in [0.2, 0.25) is 0 Å². The number of hydrogen-bond acceptors (Lipinski definition) is 3. The maximum atomic E-state index is 3.45. The van der Waals surface area contributed by atoms with E-state index in [1.807, 2.05) is 0 Å². The molecule has 3 nitrogen and oxygen atoms in total. The summed E-state index contributed by atoms with van der Waals surface area (Å²) in [5.41, 5.74) is 0. The molecule has 0 saturated carbocycles. The van der Waals surface area contributed by atoms with Gasteiger partial charge < -0.3 is 10.6 Å². The van der Waals surface area contributed by atoms with E-state index >= 15 is 0 Å². The smallest absolute Gasteiger partial charge is 0.0193 e. The van der Waals surface area contributed by atoms with Gasteiger partial charge in [-0.25, -0.2) is 0 Å². The van der Waals surface area contributed by atoms with Crippen molar-refractivity contribution >= 4 is 12.4 Å². The van der Waals surface area contributed by atoms with Crippen molar-refractivity contribution in [3.05, 3.63) is 0 Å². The minimum Gasteiger partial charge on any atom is -0.317 e. The van der Waals surface area contributed by atoms with Crippen LogP contribution in [0.25, 0.3) is 0 Å². The van der Waals surface area contributed by atoms with Gasteiger partial charge in [0, 0.05) is 32.2 Å². The molecule has 4 heteroatoms. The van der Waals surface area contributed by atoms with Crippen molar-refractivity contribution in [2.75, 3.05) is 39.3 Å². The maximum Gasteiger partial charge on any atom is 0.0193 e. The van der Waals surface area contributed by atoms with Gasteiger partial charge in [-0.2, -0.15) is 0 Å². The topological polar surface area (TPSA) is 27.3 Å². The SMILES string of the molecule is CC1CNCCN1CC1CCNCC1.Cl. The molecule has 0 aromatic rings. The van der Waals surface area contributed by atoms with Gasteiger partial charge in [0.2, 0.25) is 0 Å². The van der Waals surface area contributed by atoms with Crippen LogP contribution in [0.15, 0.2) is 0 Å². The number of piperidine rings is 1. The molecule has 1 atom stereocenters. The quantitative estimate of drug-likeness (QED) is 0.736. The molecule has 2 fully saturated rings. The Labute approximate surface area is 99.4 Å². The van der Waals surface area contributed by atoms with Crippen LogP contribution in [0.5, 0.6) is 0 Å². The van der Waals surface area contributed by atoms with Gasteiger partial charge in [-0.15, -0.1) is 12.4 Å². The van der Waals surface area contributed by atoms with Gasteiger partial charge in [0.15, 0.2) is 0 Å². The lowest BCUT2D eigenvalue weighted by molar-refractivity contribution is 0.136. The highest BCUT2D eigenvalue weighted by atomic mass is 35.5. The summed E-state index contributed by atoms with van der Waals surface area (Å²) in [5.74, 6) is 0.941. The third-order valence-corrected chi connectivity index (χ3v) is 3.59. The van der Waals surface area contributed by atoms with Gasteiger partial charge in [0.25, 0.3) is 0 Å². The Bertz CT molecular complexity index is 171. The zero-order valence-electron chi connectivity index (χ0n) is 9.67. The predicted molar refractivity (Wildman–Crippen MR) is 66.7 cm³/mol.